The summed E-state index contributed by atoms with van der Waals surface area (Å²) < 4.78 is 10.4. The van der Waals surface area contributed by atoms with Crippen LogP contribution in [0.3, 0.4) is 0 Å². The van der Waals surface area contributed by atoms with Crippen LogP contribution in [0.1, 0.15) is 39.7 Å². The summed E-state index contributed by atoms with van der Waals surface area (Å²) in [5.41, 5.74) is 0.647. The number of carbonyl (C=O) groups excluding carboxylic acids is 2. The molecule has 0 heterocycles. The Bertz CT molecular complexity index is 503. The van der Waals surface area contributed by atoms with Crippen molar-refractivity contribution in [2.75, 3.05) is 5.32 Å². The number of esters is 1. The monoisotopic (exact) mass is 279 g/mol. The molecule has 1 amide bonds. The van der Waals surface area contributed by atoms with Crippen LogP contribution in [0.4, 0.5) is 10.5 Å². The maximum Gasteiger partial charge on any atom is 0.412 e. The van der Waals surface area contributed by atoms with E-state index < -0.39 is 11.7 Å². The number of hydrogen-bond donors (Lipinski definition) is 1. The number of benzene rings is 1. The predicted molar refractivity (Wildman–Crippen MR) is 77.0 cm³/mol. The Balaban J connectivity index is 2.93. The van der Waals surface area contributed by atoms with Crippen LogP contribution in [0.5, 0.6) is 5.75 Å². The van der Waals surface area contributed by atoms with Crippen LogP contribution in [0, 0.1) is 6.92 Å². The molecule has 0 aliphatic heterocycles. The van der Waals surface area contributed by atoms with Gasteiger partial charge in [0.1, 0.15) is 5.60 Å². The number of aryl methyl sites for hydroxylation is 1. The fourth-order valence-electron chi connectivity index (χ4n) is 1.49. The Hall–Kier alpha value is -2.04. The summed E-state index contributed by atoms with van der Waals surface area (Å²) >= 11 is 0. The van der Waals surface area contributed by atoms with E-state index in [4.69, 9.17) is 9.47 Å². The number of rotatable bonds is 3. The second-order valence-electron chi connectivity index (χ2n) is 5.40. The van der Waals surface area contributed by atoms with Gasteiger partial charge in [-0.05, 0) is 39.3 Å². The summed E-state index contributed by atoms with van der Waals surface area (Å²) in [7, 11) is 0. The minimum Gasteiger partial charge on any atom is -0.444 e. The molecule has 0 spiro atoms. The lowest BCUT2D eigenvalue weighted by Crippen LogP contribution is -2.27. The minimum atomic E-state index is -0.590. The Labute approximate surface area is 119 Å². The standard InChI is InChI=1S/C15H21NO4/c1-6-12(17)19-11-9-7-8-10(2)13(11)16-14(18)20-15(3,4)5/h7-9H,6H2,1-5H3,(H,16,18). The van der Waals surface area contributed by atoms with E-state index in [1.54, 1.807) is 39.8 Å². The molecule has 0 aliphatic rings. The average molecular weight is 279 g/mol. The van der Waals surface area contributed by atoms with Gasteiger partial charge >= 0.3 is 12.1 Å². The lowest BCUT2D eigenvalue weighted by molar-refractivity contribution is -0.133. The van der Waals surface area contributed by atoms with E-state index in [9.17, 15) is 9.59 Å². The van der Waals surface area contributed by atoms with Crippen molar-refractivity contribution < 1.29 is 19.1 Å². The van der Waals surface area contributed by atoms with Crippen LogP contribution in [0.25, 0.3) is 0 Å². The van der Waals surface area contributed by atoms with Gasteiger partial charge in [-0.3, -0.25) is 10.1 Å². The molecule has 0 fully saturated rings. The molecule has 0 bridgehead atoms. The highest BCUT2D eigenvalue weighted by Crippen LogP contribution is 2.29. The molecule has 0 aliphatic carbocycles. The third-order valence-electron chi connectivity index (χ3n) is 2.37. The van der Waals surface area contributed by atoms with E-state index in [1.165, 1.54) is 0 Å². The van der Waals surface area contributed by atoms with Crippen molar-refractivity contribution in [3.05, 3.63) is 23.8 Å². The zero-order chi connectivity index (χ0) is 15.3. The molecule has 0 unspecified atom stereocenters. The van der Waals surface area contributed by atoms with Crippen LogP contribution in [0.2, 0.25) is 0 Å². The SMILES string of the molecule is CCC(=O)Oc1cccc(C)c1NC(=O)OC(C)(C)C. The van der Waals surface area contributed by atoms with E-state index in [2.05, 4.69) is 5.32 Å². The highest BCUT2D eigenvalue weighted by molar-refractivity contribution is 5.89. The van der Waals surface area contributed by atoms with Gasteiger partial charge in [-0.25, -0.2) is 4.79 Å². The first-order valence-electron chi connectivity index (χ1n) is 6.53. The molecule has 1 aromatic rings. The van der Waals surface area contributed by atoms with E-state index in [0.717, 1.165) is 5.56 Å². The maximum absolute atomic E-state index is 11.8. The quantitative estimate of drug-likeness (QED) is 0.677. The molecule has 1 rings (SSSR count). The molecule has 0 saturated heterocycles. The number of nitrogens with one attached hydrogen (secondary N) is 1. The molecule has 1 aromatic carbocycles. The lowest BCUT2D eigenvalue weighted by atomic mass is 10.2. The van der Waals surface area contributed by atoms with E-state index in [1.807, 2.05) is 13.0 Å². The maximum atomic E-state index is 11.8. The van der Waals surface area contributed by atoms with Crippen molar-refractivity contribution in [3.8, 4) is 5.75 Å². The van der Waals surface area contributed by atoms with Gasteiger partial charge in [-0.15, -0.1) is 0 Å². The number of carbonyl (C=O) groups is 2. The van der Waals surface area contributed by atoms with Gasteiger partial charge in [-0.2, -0.15) is 0 Å². The molecule has 5 nitrogen and oxygen atoms in total. The summed E-state index contributed by atoms with van der Waals surface area (Å²) in [6, 6.07) is 5.21. The topological polar surface area (TPSA) is 64.6 Å². The summed E-state index contributed by atoms with van der Waals surface area (Å²) in [5, 5.41) is 2.63. The van der Waals surface area contributed by atoms with Crippen molar-refractivity contribution in [2.24, 2.45) is 0 Å². The highest BCUT2D eigenvalue weighted by atomic mass is 16.6. The van der Waals surface area contributed by atoms with Crippen molar-refractivity contribution in [1.29, 1.82) is 0 Å². The zero-order valence-electron chi connectivity index (χ0n) is 12.6. The van der Waals surface area contributed by atoms with Gasteiger partial charge in [-0.1, -0.05) is 19.1 Å². The fraction of sp³-hybridized carbons (Fsp3) is 0.467. The van der Waals surface area contributed by atoms with Crippen molar-refractivity contribution in [2.45, 2.75) is 46.6 Å². The number of para-hydroxylation sites is 1. The molecule has 0 aromatic heterocycles. The number of hydrogen-bond acceptors (Lipinski definition) is 4. The molecule has 110 valence electrons. The van der Waals surface area contributed by atoms with Gasteiger partial charge in [0.15, 0.2) is 5.75 Å². The third-order valence-corrected chi connectivity index (χ3v) is 2.37. The summed E-state index contributed by atoms with van der Waals surface area (Å²) in [5.74, 6) is -0.0365. The molecule has 0 saturated carbocycles. The van der Waals surface area contributed by atoms with Crippen LogP contribution < -0.4 is 10.1 Å². The Morgan fingerprint density at radius 3 is 2.45 bits per heavy atom. The van der Waals surface area contributed by atoms with Gasteiger partial charge in [0.25, 0.3) is 0 Å². The largest absolute Gasteiger partial charge is 0.444 e. The van der Waals surface area contributed by atoms with Crippen molar-refractivity contribution in [3.63, 3.8) is 0 Å². The van der Waals surface area contributed by atoms with Crippen molar-refractivity contribution in [1.82, 2.24) is 0 Å². The first-order chi connectivity index (χ1) is 9.23. The molecule has 5 heteroatoms. The minimum absolute atomic E-state index is 0.264. The lowest BCUT2D eigenvalue weighted by Gasteiger charge is -2.21. The van der Waals surface area contributed by atoms with Crippen LogP contribution in [-0.4, -0.2) is 17.7 Å². The zero-order valence-corrected chi connectivity index (χ0v) is 12.6. The number of ether oxygens (including phenoxy) is 2. The second kappa shape index (κ2) is 6.41. The normalized spacial score (nSPS) is 10.8. The Morgan fingerprint density at radius 1 is 1.25 bits per heavy atom. The van der Waals surface area contributed by atoms with Gasteiger partial charge < -0.3 is 9.47 Å². The summed E-state index contributed by atoms with van der Waals surface area (Å²) in [4.78, 5) is 23.2. The van der Waals surface area contributed by atoms with E-state index in [0.29, 0.717) is 11.4 Å². The third kappa shape index (κ3) is 4.91. The molecular formula is C15H21NO4. The van der Waals surface area contributed by atoms with Crippen LogP contribution >= 0.6 is 0 Å². The van der Waals surface area contributed by atoms with E-state index >= 15 is 0 Å². The van der Waals surface area contributed by atoms with Crippen LogP contribution in [0.15, 0.2) is 18.2 Å². The molecule has 0 radical (unpaired) electrons. The molecule has 0 atom stereocenters. The Kier molecular flexibility index (Phi) is 5.13. The summed E-state index contributed by atoms with van der Waals surface area (Å²) in [6.07, 6.45) is -0.319. The van der Waals surface area contributed by atoms with Gasteiger partial charge in [0.05, 0.1) is 5.69 Å². The summed E-state index contributed by atoms with van der Waals surface area (Å²) in [6.45, 7) is 8.86. The van der Waals surface area contributed by atoms with Gasteiger partial charge in [0, 0.05) is 6.42 Å². The van der Waals surface area contributed by atoms with Crippen molar-refractivity contribution >= 4 is 17.7 Å². The molecular weight excluding hydrogens is 258 g/mol. The Morgan fingerprint density at radius 2 is 1.90 bits per heavy atom. The highest BCUT2D eigenvalue weighted by Gasteiger charge is 2.19. The second-order valence-corrected chi connectivity index (χ2v) is 5.40. The number of anilines is 1. The first-order valence-corrected chi connectivity index (χ1v) is 6.53. The number of amides is 1. The molecule has 20 heavy (non-hydrogen) atoms. The fourth-order valence-corrected chi connectivity index (χ4v) is 1.49. The average Bonchev–Trinajstić information content (AvgIpc) is 2.31. The predicted octanol–water partition coefficient (Wildman–Crippen LogP) is 3.66. The van der Waals surface area contributed by atoms with E-state index in [-0.39, 0.29) is 12.4 Å². The molecule has 1 N–H and O–H groups in total. The van der Waals surface area contributed by atoms with Gasteiger partial charge in [0.2, 0.25) is 0 Å². The van der Waals surface area contributed by atoms with Crippen LogP contribution in [-0.2, 0) is 9.53 Å². The smallest absolute Gasteiger partial charge is 0.412 e. The first kappa shape index (κ1) is 16.0.